The molecule has 0 aromatic carbocycles. The maximum absolute atomic E-state index is 12.5. The van der Waals surface area contributed by atoms with Crippen LogP contribution < -0.4 is 5.56 Å². The molecule has 0 bridgehead atoms. The van der Waals surface area contributed by atoms with Gasteiger partial charge in [-0.1, -0.05) is 0 Å². The van der Waals surface area contributed by atoms with Crippen molar-refractivity contribution in [1.29, 1.82) is 0 Å². The van der Waals surface area contributed by atoms with E-state index in [2.05, 4.69) is 4.98 Å². The number of aromatic carboxylic acids is 1. The van der Waals surface area contributed by atoms with E-state index in [1.165, 1.54) is 6.92 Å². The van der Waals surface area contributed by atoms with Gasteiger partial charge in [0.1, 0.15) is 0 Å². The van der Waals surface area contributed by atoms with Gasteiger partial charge in [-0.15, -0.1) is 0 Å². The van der Waals surface area contributed by atoms with Crippen molar-refractivity contribution in [3.8, 4) is 0 Å². The van der Waals surface area contributed by atoms with Crippen LogP contribution in [0.5, 0.6) is 0 Å². The van der Waals surface area contributed by atoms with Gasteiger partial charge >= 0.3 is 5.97 Å². The first-order valence-electron chi connectivity index (χ1n) is 3.15. The molecule has 0 unspecified atom stereocenters. The Hall–Kier alpha value is -1.65. The summed E-state index contributed by atoms with van der Waals surface area (Å²) in [4.78, 5) is 23.1. The van der Waals surface area contributed by atoms with E-state index in [1.807, 2.05) is 0 Å². The molecule has 4 nitrogen and oxygen atoms in total. The zero-order chi connectivity index (χ0) is 9.30. The van der Waals surface area contributed by atoms with Crippen molar-refractivity contribution in [2.45, 2.75) is 6.92 Å². The Balaban J connectivity index is 3.43. The van der Waals surface area contributed by atoms with Crippen molar-refractivity contribution in [2.24, 2.45) is 0 Å². The van der Waals surface area contributed by atoms with Crippen molar-refractivity contribution < 1.29 is 14.3 Å². The number of aromatic amines is 1. The number of carboxylic acids is 1. The second kappa shape index (κ2) is 2.77. The molecule has 0 aliphatic carbocycles. The lowest BCUT2D eigenvalue weighted by Gasteiger charge is -1.98. The predicted octanol–water partition coefficient (Wildman–Crippen LogP) is 0.521. The van der Waals surface area contributed by atoms with Crippen molar-refractivity contribution in [2.75, 3.05) is 0 Å². The molecule has 0 aliphatic rings. The lowest BCUT2D eigenvalue weighted by molar-refractivity contribution is 0.0695. The highest BCUT2D eigenvalue weighted by Gasteiger charge is 2.10. The first-order valence-corrected chi connectivity index (χ1v) is 3.15. The number of nitrogens with one attached hydrogen (secondary N) is 1. The molecule has 0 spiro atoms. The number of hydrogen-bond acceptors (Lipinski definition) is 2. The number of halogens is 1. The normalized spacial score (nSPS) is 9.83. The average molecular weight is 171 g/mol. The molecule has 5 heteroatoms. The summed E-state index contributed by atoms with van der Waals surface area (Å²) >= 11 is 0. The number of aryl methyl sites for hydroxylation is 1. The van der Waals surface area contributed by atoms with E-state index in [9.17, 15) is 14.0 Å². The minimum Gasteiger partial charge on any atom is -0.478 e. The largest absolute Gasteiger partial charge is 0.478 e. The van der Waals surface area contributed by atoms with E-state index in [0.29, 0.717) is 6.07 Å². The topological polar surface area (TPSA) is 70.2 Å². The fraction of sp³-hybridized carbons (Fsp3) is 0.143. The van der Waals surface area contributed by atoms with Gasteiger partial charge in [0.05, 0.1) is 5.56 Å². The number of pyridine rings is 1. The summed E-state index contributed by atoms with van der Waals surface area (Å²) < 4.78 is 12.5. The molecule has 0 radical (unpaired) electrons. The number of carbonyl (C=O) groups is 1. The highest BCUT2D eigenvalue weighted by atomic mass is 19.1. The zero-order valence-electron chi connectivity index (χ0n) is 6.22. The number of H-pyrrole nitrogens is 1. The standard InChI is InChI=1S/C7H6FNO3/c1-3-4(7(11)12)2-5(8)6(10)9-3/h2H,1H3,(H,9,10)(H,11,12). The van der Waals surface area contributed by atoms with Gasteiger partial charge in [0, 0.05) is 5.69 Å². The summed E-state index contributed by atoms with van der Waals surface area (Å²) in [6, 6.07) is 0.705. The first kappa shape index (κ1) is 8.45. The quantitative estimate of drug-likeness (QED) is 0.647. The van der Waals surface area contributed by atoms with E-state index < -0.39 is 17.3 Å². The molecule has 0 amide bonds. The van der Waals surface area contributed by atoms with Crippen LogP contribution in [-0.4, -0.2) is 16.1 Å². The summed E-state index contributed by atoms with van der Waals surface area (Å²) in [5, 5.41) is 8.49. The Labute approximate surface area is 66.7 Å². The van der Waals surface area contributed by atoms with E-state index in [0.717, 1.165) is 0 Å². The maximum atomic E-state index is 12.5. The van der Waals surface area contributed by atoms with Crippen LogP contribution in [0.2, 0.25) is 0 Å². The molecule has 2 N–H and O–H groups in total. The summed E-state index contributed by atoms with van der Waals surface area (Å²) in [5.74, 6) is -2.35. The third kappa shape index (κ3) is 1.34. The van der Waals surface area contributed by atoms with Gasteiger partial charge in [0.25, 0.3) is 5.56 Å². The fourth-order valence-electron chi connectivity index (χ4n) is 0.820. The number of aromatic nitrogens is 1. The monoisotopic (exact) mass is 171 g/mol. The van der Waals surface area contributed by atoms with Crippen LogP contribution in [0.25, 0.3) is 0 Å². The van der Waals surface area contributed by atoms with E-state index >= 15 is 0 Å². The van der Waals surface area contributed by atoms with Gasteiger partial charge < -0.3 is 10.1 Å². The Kier molecular flexibility index (Phi) is 1.95. The lowest BCUT2D eigenvalue weighted by Crippen LogP contribution is -2.15. The number of rotatable bonds is 1. The van der Waals surface area contributed by atoms with Crippen molar-refractivity contribution >= 4 is 5.97 Å². The molecule has 1 aromatic heterocycles. The smallest absolute Gasteiger partial charge is 0.337 e. The van der Waals surface area contributed by atoms with Gasteiger partial charge in [-0.2, -0.15) is 0 Å². The molecular weight excluding hydrogens is 165 g/mol. The van der Waals surface area contributed by atoms with Crippen LogP contribution in [0.3, 0.4) is 0 Å². The van der Waals surface area contributed by atoms with Crippen LogP contribution >= 0.6 is 0 Å². The summed E-state index contributed by atoms with van der Waals surface area (Å²) in [7, 11) is 0. The molecule has 0 saturated heterocycles. The third-order valence-corrected chi connectivity index (χ3v) is 1.42. The van der Waals surface area contributed by atoms with Gasteiger partial charge in [0.15, 0.2) is 5.82 Å². The summed E-state index contributed by atoms with van der Waals surface area (Å²) in [6.45, 7) is 1.39. The zero-order valence-corrected chi connectivity index (χ0v) is 6.22. The molecule has 0 saturated carbocycles. The molecule has 0 atom stereocenters. The van der Waals surface area contributed by atoms with Crippen molar-refractivity contribution in [3.05, 3.63) is 33.5 Å². The highest BCUT2D eigenvalue weighted by molar-refractivity contribution is 5.88. The minimum absolute atomic E-state index is 0.147. The van der Waals surface area contributed by atoms with Crippen LogP contribution in [-0.2, 0) is 0 Å². The van der Waals surface area contributed by atoms with Crippen LogP contribution in [0, 0.1) is 12.7 Å². The predicted molar refractivity (Wildman–Crippen MR) is 38.7 cm³/mol. The van der Waals surface area contributed by atoms with Gasteiger partial charge in [-0.25, -0.2) is 9.18 Å². The maximum Gasteiger partial charge on any atom is 0.337 e. The third-order valence-electron chi connectivity index (χ3n) is 1.42. The van der Waals surface area contributed by atoms with Gasteiger partial charge in [-0.05, 0) is 13.0 Å². The molecule has 1 heterocycles. The molecule has 1 rings (SSSR count). The number of carboxylic acid groups (broad SMARTS) is 1. The molecule has 0 fully saturated rings. The second-order valence-corrected chi connectivity index (χ2v) is 2.29. The molecule has 64 valence electrons. The molecule has 0 aliphatic heterocycles. The van der Waals surface area contributed by atoms with Crippen LogP contribution in [0.15, 0.2) is 10.9 Å². The molecule has 12 heavy (non-hydrogen) atoms. The average Bonchev–Trinajstić information content (AvgIpc) is 1.96. The first-order chi connectivity index (χ1) is 5.52. The second-order valence-electron chi connectivity index (χ2n) is 2.29. The van der Waals surface area contributed by atoms with Crippen molar-refractivity contribution in [1.82, 2.24) is 4.98 Å². The van der Waals surface area contributed by atoms with E-state index in [1.54, 1.807) is 0 Å². The van der Waals surface area contributed by atoms with Gasteiger partial charge in [-0.3, -0.25) is 4.79 Å². The van der Waals surface area contributed by atoms with E-state index in [4.69, 9.17) is 5.11 Å². The Morgan fingerprint density at radius 2 is 2.25 bits per heavy atom. The van der Waals surface area contributed by atoms with Crippen LogP contribution in [0.1, 0.15) is 16.1 Å². The summed E-state index contributed by atoms with van der Waals surface area (Å²) in [6.07, 6.45) is 0. The van der Waals surface area contributed by atoms with Crippen molar-refractivity contribution in [3.63, 3.8) is 0 Å². The fourth-order valence-corrected chi connectivity index (χ4v) is 0.820. The molecule has 1 aromatic rings. The number of hydrogen-bond donors (Lipinski definition) is 2. The van der Waals surface area contributed by atoms with Gasteiger partial charge in [0.2, 0.25) is 0 Å². The highest BCUT2D eigenvalue weighted by Crippen LogP contribution is 2.02. The Bertz CT molecular complexity index is 383. The van der Waals surface area contributed by atoms with Crippen LogP contribution in [0.4, 0.5) is 4.39 Å². The Morgan fingerprint density at radius 3 is 2.75 bits per heavy atom. The SMILES string of the molecule is Cc1[nH]c(=O)c(F)cc1C(=O)O. The van der Waals surface area contributed by atoms with E-state index in [-0.39, 0.29) is 11.3 Å². The molecular formula is C7H6FNO3. The Morgan fingerprint density at radius 1 is 1.67 bits per heavy atom. The summed E-state index contributed by atoms with van der Waals surface area (Å²) in [5.41, 5.74) is -0.987. The minimum atomic E-state index is -1.26. The lowest BCUT2D eigenvalue weighted by atomic mass is 10.2.